The second-order valence-electron chi connectivity index (χ2n) is 5.78. The van der Waals surface area contributed by atoms with Crippen molar-refractivity contribution >= 4 is 12.0 Å². The summed E-state index contributed by atoms with van der Waals surface area (Å²) >= 11 is 0. The Morgan fingerprint density at radius 3 is 2.45 bits per heavy atom. The fourth-order valence-corrected chi connectivity index (χ4v) is 2.25. The lowest BCUT2D eigenvalue weighted by atomic mass is 10.0. The smallest absolute Gasteiger partial charge is 0.326 e. The van der Waals surface area contributed by atoms with Gasteiger partial charge in [0, 0.05) is 19.1 Å². The van der Waals surface area contributed by atoms with Crippen LogP contribution >= 0.6 is 0 Å². The van der Waals surface area contributed by atoms with Crippen LogP contribution in [-0.4, -0.2) is 53.7 Å². The molecule has 20 heavy (non-hydrogen) atoms. The Morgan fingerprint density at radius 1 is 1.35 bits per heavy atom. The average Bonchev–Trinajstić information content (AvgIpc) is 3.17. The molecule has 6 nitrogen and oxygen atoms in total. The van der Waals surface area contributed by atoms with Crippen LogP contribution in [0.25, 0.3) is 0 Å². The zero-order valence-electron chi connectivity index (χ0n) is 12.7. The third kappa shape index (κ3) is 6.23. The molecule has 0 heterocycles. The van der Waals surface area contributed by atoms with E-state index in [1.165, 1.54) is 12.8 Å². The van der Waals surface area contributed by atoms with Crippen molar-refractivity contribution < 1.29 is 14.7 Å². The van der Waals surface area contributed by atoms with Gasteiger partial charge in [0.2, 0.25) is 0 Å². The van der Waals surface area contributed by atoms with Crippen LogP contribution in [-0.2, 0) is 4.79 Å². The molecule has 1 fully saturated rings. The standard InChI is InChI=1S/C14H27N3O3/c1-4-17(11-5-6-11)8-7-15-14(20)16-12(13(18)19)9-10(2)3/h10-12H,4-9H2,1-3H3,(H,18,19)(H2,15,16,20)/t12-/m1/s1. The van der Waals surface area contributed by atoms with E-state index in [9.17, 15) is 9.59 Å². The molecule has 0 aliphatic heterocycles. The molecule has 3 N–H and O–H groups in total. The van der Waals surface area contributed by atoms with Crippen molar-refractivity contribution in [2.24, 2.45) is 5.92 Å². The van der Waals surface area contributed by atoms with Gasteiger partial charge in [-0.15, -0.1) is 0 Å². The highest BCUT2D eigenvalue weighted by atomic mass is 16.4. The molecule has 0 saturated heterocycles. The Hall–Kier alpha value is -1.30. The summed E-state index contributed by atoms with van der Waals surface area (Å²) in [4.78, 5) is 25.1. The van der Waals surface area contributed by atoms with E-state index in [4.69, 9.17) is 5.11 Å². The fourth-order valence-electron chi connectivity index (χ4n) is 2.25. The number of carboxylic acid groups (broad SMARTS) is 1. The maximum atomic E-state index is 11.7. The van der Waals surface area contributed by atoms with Gasteiger partial charge in [-0.05, 0) is 31.7 Å². The molecule has 2 amide bonds. The summed E-state index contributed by atoms with van der Waals surface area (Å²) in [5.41, 5.74) is 0. The van der Waals surface area contributed by atoms with Crippen LogP contribution in [0.15, 0.2) is 0 Å². The van der Waals surface area contributed by atoms with Gasteiger partial charge in [0.25, 0.3) is 0 Å². The van der Waals surface area contributed by atoms with E-state index in [2.05, 4.69) is 22.5 Å². The number of amides is 2. The van der Waals surface area contributed by atoms with Gasteiger partial charge >= 0.3 is 12.0 Å². The summed E-state index contributed by atoms with van der Waals surface area (Å²) < 4.78 is 0. The van der Waals surface area contributed by atoms with Gasteiger partial charge in [-0.2, -0.15) is 0 Å². The van der Waals surface area contributed by atoms with Gasteiger partial charge in [0.1, 0.15) is 6.04 Å². The number of urea groups is 1. The molecular formula is C14H27N3O3. The van der Waals surface area contributed by atoms with Gasteiger partial charge in [0.05, 0.1) is 0 Å². The third-order valence-corrected chi connectivity index (χ3v) is 3.46. The minimum absolute atomic E-state index is 0.224. The molecule has 1 aliphatic carbocycles. The van der Waals surface area contributed by atoms with E-state index in [0.29, 0.717) is 19.0 Å². The van der Waals surface area contributed by atoms with E-state index in [0.717, 1.165) is 13.1 Å². The Balaban J connectivity index is 2.25. The first-order chi connectivity index (χ1) is 9.43. The summed E-state index contributed by atoms with van der Waals surface area (Å²) in [6.45, 7) is 8.33. The maximum Gasteiger partial charge on any atom is 0.326 e. The van der Waals surface area contributed by atoms with Crippen LogP contribution in [0.4, 0.5) is 4.79 Å². The number of carbonyl (C=O) groups is 2. The lowest BCUT2D eigenvalue weighted by molar-refractivity contribution is -0.139. The molecule has 0 aromatic carbocycles. The Kier molecular flexibility index (Phi) is 6.78. The van der Waals surface area contributed by atoms with E-state index >= 15 is 0 Å². The van der Waals surface area contributed by atoms with E-state index in [1.54, 1.807) is 0 Å². The Labute approximate surface area is 120 Å². The van der Waals surface area contributed by atoms with Gasteiger partial charge < -0.3 is 15.7 Å². The van der Waals surface area contributed by atoms with Crippen molar-refractivity contribution in [3.05, 3.63) is 0 Å². The highest BCUT2D eigenvalue weighted by molar-refractivity contribution is 5.82. The second-order valence-corrected chi connectivity index (χ2v) is 5.78. The number of carbonyl (C=O) groups excluding carboxylic acids is 1. The zero-order chi connectivity index (χ0) is 15.1. The average molecular weight is 285 g/mol. The number of carboxylic acids is 1. The number of nitrogens with zero attached hydrogens (tertiary/aromatic N) is 1. The third-order valence-electron chi connectivity index (χ3n) is 3.46. The zero-order valence-corrected chi connectivity index (χ0v) is 12.7. The van der Waals surface area contributed by atoms with Crippen molar-refractivity contribution in [3.63, 3.8) is 0 Å². The number of hydrogen-bond donors (Lipinski definition) is 3. The second kappa shape index (κ2) is 8.09. The molecular weight excluding hydrogens is 258 g/mol. The lowest BCUT2D eigenvalue weighted by Gasteiger charge is -2.21. The minimum atomic E-state index is -0.984. The molecule has 116 valence electrons. The van der Waals surface area contributed by atoms with Crippen molar-refractivity contribution in [3.8, 4) is 0 Å². The van der Waals surface area contributed by atoms with Gasteiger partial charge in [0.15, 0.2) is 0 Å². The van der Waals surface area contributed by atoms with Crippen LogP contribution < -0.4 is 10.6 Å². The van der Waals surface area contributed by atoms with Crippen molar-refractivity contribution in [1.29, 1.82) is 0 Å². The van der Waals surface area contributed by atoms with Crippen LogP contribution in [0.1, 0.15) is 40.0 Å². The monoisotopic (exact) mass is 285 g/mol. The number of hydrogen-bond acceptors (Lipinski definition) is 3. The van der Waals surface area contributed by atoms with Crippen LogP contribution in [0.5, 0.6) is 0 Å². The Morgan fingerprint density at radius 2 is 2.00 bits per heavy atom. The van der Waals surface area contributed by atoms with Crippen LogP contribution in [0, 0.1) is 5.92 Å². The quantitative estimate of drug-likeness (QED) is 0.596. The predicted octanol–water partition coefficient (Wildman–Crippen LogP) is 1.27. The van der Waals surface area contributed by atoms with Crippen LogP contribution in [0.3, 0.4) is 0 Å². The van der Waals surface area contributed by atoms with Crippen molar-refractivity contribution in [1.82, 2.24) is 15.5 Å². The van der Waals surface area contributed by atoms with E-state index < -0.39 is 18.0 Å². The highest BCUT2D eigenvalue weighted by Gasteiger charge is 2.27. The first kappa shape index (κ1) is 16.8. The van der Waals surface area contributed by atoms with E-state index in [-0.39, 0.29) is 5.92 Å². The molecule has 1 atom stereocenters. The largest absolute Gasteiger partial charge is 0.480 e. The number of aliphatic carboxylic acids is 1. The topological polar surface area (TPSA) is 81.7 Å². The van der Waals surface area contributed by atoms with E-state index in [1.807, 2.05) is 13.8 Å². The first-order valence-corrected chi connectivity index (χ1v) is 7.45. The summed E-state index contributed by atoms with van der Waals surface area (Å²) in [6, 6.07) is -0.539. The number of rotatable bonds is 9. The van der Waals surface area contributed by atoms with Gasteiger partial charge in [-0.1, -0.05) is 20.8 Å². The summed E-state index contributed by atoms with van der Waals surface area (Å²) in [5.74, 6) is -0.760. The Bertz CT molecular complexity index is 330. The SMILES string of the molecule is CCN(CCNC(=O)N[C@H](CC(C)C)C(=O)O)C1CC1. The maximum absolute atomic E-state index is 11.7. The molecule has 0 spiro atoms. The van der Waals surface area contributed by atoms with Gasteiger partial charge in [-0.25, -0.2) is 9.59 Å². The van der Waals surface area contributed by atoms with Crippen LogP contribution in [0.2, 0.25) is 0 Å². The molecule has 0 radical (unpaired) electrons. The summed E-state index contributed by atoms with van der Waals surface area (Å²) in [6.07, 6.45) is 2.93. The first-order valence-electron chi connectivity index (χ1n) is 7.45. The normalized spacial score (nSPS) is 16.2. The fraction of sp³-hybridized carbons (Fsp3) is 0.857. The minimum Gasteiger partial charge on any atom is -0.480 e. The predicted molar refractivity (Wildman–Crippen MR) is 77.7 cm³/mol. The number of likely N-dealkylation sites (N-methyl/N-ethyl adjacent to an activating group) is 1. The molecule has 0 aromatic rings. The van der Waals surface area contributed by atoms with Gasteiger partial charge in [-0.3, -0.25) is 4.90 Å². The lowest BCUT2D eigenvalue weighted by Crippen LogP contribution is -2.48. The molecule has 1 rings (SSSR count). The number of nitrogens with one attached hydrogen (secondary N) is 2. The molecule has 1 aliphatic rings. The molecule has 0 aromatic heterocycles. The molecule has 0 unspecified atom stereocenters. The van der Waals surface area contributed by atoms with Crippen molar-refractivity contribution in [2.45, 2.75) is 52.1 Å². The molecule has 1 saturated carbocycles. The molecule has 0 bridgehead atoms. The summed E-state index contributed by atoms with van der Waals surface area (Å²) in [5, 5.41) is 14.3. The summed E-state index contributed by atoms with van der Waals surface area (Å²) in [7, 11) is 0. The van der Waals surface area contributed by atoms with Crippen molar-refractivity contribution in [2.75, 3.05) is 19.6 Å². The highest BCUT2D eigenvalue weighted by Crippen LogP contribution is 2.25. The molecule has 6 heteroatoms.